The van der Waals surface area contributed by atoms with Crippen molar-refractivity contribution in [1.29, 1.82) is 0 Å². The van der Waals surface area contributed by atoms with Gasteiger partial charge in [0.25, 0.3) is 0 Å². The number of anilines is 1. The summed E-state index contributed by atoms with van der Waals surface area (Å²) < 4.78 is 0. The van der Waals surface area contributed by atoms with E-state index in [0.29, 0.717) is 24.6 Å². The molecule has 1 atom stereocenters. The number of urea groups is 1. The number of hydrogen-bond acceptors (Lipinski definition) is 2. The molecule has 0 aliphatic heterocycles. The summed E-state index contributed by atoms with van der Waals surface area (Å²) in [6, 6.07) is 16.1. The quantitative estimate of drug-likeness (QED) is 0.506. The average molecular weight is 378 g/mol. The van der Waals surface area contributed by atoms with E-state index in [1.54, 1.807) is 0 Å². The zero-order valence-electron chi connectivity index (χ0n) is 16.2. The number of benzene rings is 2. The van der Waals surface area contributed by atoms with E-state index in [9.17, 15) is 9.59 Å². The largest absolute Gasteiger partial charge is 0.361 e. The van der Waals surface area contributed by atoms with E-state index in [2.05, 4.69) is 20.9 Å². The van der Waals surface area contributed by atoms with Gasteiger partial charge in [-0.05, 0) is 29.7 Å². The summed E-state index contributed by atoms with van der Waals surface area (Å²) in [6.45, 7) is 4.59. The molecule has 28 heavy (non-hydrogen) atoms. The van der Waals surface area contributed by atoms with Crippen LogP contribution in [0.5, 0.6) is 0 Å². The normalized spacial score (nSPS) is 12.0. The van der Waals surface area contributed by atoms with Crippen LogP contribution in [0.4, 0.5) is 10.5 Å². The number of carbonyl (C=O) groups excluding carboxylic acids is 2. The fourth-order valence-corrected chi connectivity index (χ4v) is 2.99. The first-order valence-electron chi connectivity index (χ1n) is 9.48. The Morgan fingerprint density at radius 3 is 2.46 bits per heavy atom. The Morgan fingerprint density at radius 2 is 1.71 bits per heavy atom. The second kappa shape index (κ2) is 9.08. The fourth-order valence-electron chi connectivity index (χ4n) is 2.99. The predicted molar refractivity (Wildman–Crippen MR) is 112 cm³/mol. The first-order valence-corrected chi connectivity index (χ1v) is 9.48. The van der Waals surface area contributed by atoms with E-state index in [1.165, 1.54) is 0 Å². The molecule has 3 rings (SSSR count). The van der Waals surface area contributed by atoms with E-state index < -0.39 is 6.04 Å². The van der Waals surface area contributed by atoms with Crippen molar-refractivity contribution in [1.82, 2.24) is 15.6 Å². The molecule has 3 amide bonds. The van der Waals surface area contributed by atoms with Crippen molar-refractivity contribution in [3.63, 3.8) is 0 Å². The summed E-state index contributed by atoms with van der Waals surface area (Å²) in [5.74, 6) is 0.0761. The van der Waals surface area contributed by atoms with Crippen LogP contribution in [0, 0.1) is 5.92 Å². The fraction of sp³-hybridized carbons (Fsp3) is 0.273. The van der Waals surface area contributed by atoms with Crippen LogP contribution >= 0.6 is 0 Å². The third kappa shape index (κ3) is 5.13. The van der Waals surface area contributed by atoms with E-state index in [4.69, 9.17) is 0 Å². The average Bonchev–Trinajstić information content (AvgIpc) is 3.09. The lowest BCUT2D eigenvalue weighted by Gasteiger charge is -2.19. The smallest absolute Gasteiger partial charge is 0.315 e. The molecule has 0 aliphatic carbocycles. The minimum Gasteiger partial charge on any atom is -0.361 e. The number of para-hydroxylation sites is 2. The Balaban J connectivity index is 1.77. The molecule has 1 aromatic heterocycles. The zero-order chi connectivity index (χ0) is 19.9. The molecule has 6 heteroatoms. The SMILES string of the molecule is CC(C)CNC(=O)NC(Cc1c[nH]c2ccccc12)C(=O)Nc1ccccc1. The third-order valence-corrected chi connectivity index (χ3v) is 4.43. The number of aromatic nitrogens is 1. The highest BCUT2D eigenvalue weighted by molar-refractivity contribution is 5.97. The van der Waals surface area contributed by atoms with Crippen molar-refractivity contribution >= 4 is 28.5 Å². The number of H-pyrrole nitrogens is 1. The van der Waals surface area contributed by atoms with Crippen molar-refractivity contribution in [3.8, 4) is 0 Å². The topological polar surface area (TPSA) is 86.0 Å². The third-order valence-electron chi connectivity index (χ3n) is 4.43. The van der Waals surface area contributed by atoms with Crippen molar-refractivity contribution in [2.75, 3.05) is 11.9 Å². The van der Waals surface area contributed by atoms with Gasteiger partial charge in [0.05, 0.1) is 0 Å². The van der Waals surface area contributed by atoms with E-state index >= 15 is 0 Å². The number of amides is 3. The summed E-state index contributed by atoms with van der Waals surface area (Å²) in [5, 5.41) is 9.56. The highest BCUT2D eigenvalue weighted by atomic mass is 16.2. The number of rotatable bonds is 7. The second-order valence-electron chi connectivity index (χ2n) is 7.22. The Hall–Kier alpha value is -3.28. The number of fused-ring (bicyclic) bond motifs is 1. The van der Waals surface area contributed by atoms with Gasteiger partial charge in [0, 0.05) is 35.8 Å². The first-order chi connectivity index (χ1) is 13.5. The lowest BCUT2D eigenvalue weighted by atomic mass is 10.0. The Kier molecular flexibility index (Phi) is 6.32. The standard InChI is InChI=1S/C22H26N4O2/c1-15(2)13-24-22(28)26-20(21(27)25-17-8-4-3-5-9-17)12-16-14-23-19-11-7-6-10-18(16)19/h3-11,14-15,20,23H,12-13H2,1-2H3,(H,25,27)(H2,24,26,28). The summed E-state index contributed by atoms with van der Waals surface area (Å²) in [5.41, 5.74) is 2.68. The maximum atomic E-state index is 12.9. The van der Waals surface area contributed by atoms with E-state index in [1.807, 2.05) is 74.6 Å². The van der Waals surface area contributed by atoms with Crippen LogP contribution in [0.25, 0.3) is 10.9 Å². The Morgan fingerprint density at radius 1 is 1.00 bits per heavy atom. The van der Waals surface area contributed by atoms with Gasteiger partial charge in [-0.1, -0.05) is 50.2 Å². The molecule has 2 aromatic carbocycles. The van der Waals surface area contributed by atoms with Gasteiger partial charge in [-0.25, -0.2) is 4.79 Å². The van der Waals surface area contributed by atoms with Crippen LogP contribution in [0.2, 0.25) is 0 Å². The van der Waals surface area contributed by atoms with Crippen molar-refractivity contribution in [2.45, 2.75) is 26.3 Å². The lowest BCUT2D eigenvalue weighted by Crippen LogP contribution is -2.49. The van der Waals surface area contributed by atoms with Crippen LogP contribution in [0.1, 0.15) is 19.4 Å². The molecule has 0 radical (unpaired) electrons. The van der Waals surface area contributed by atoms with Gasteiger partial charge in [0.2, 0.25) is 5.91 Å². The summed E-state index contributed by atoms with van der Waals surface area (Å²) in [7, 11) is 0. The molecule has 4 N–H and O–H groups in total. The van der Waals surface area contributed by atoms with Crippen molar-refractivity contribution in [3.05, 3.63) is 66.4 Å². The molecule has 3 aromatic rings. The van der Waals surface area contributed by atoms with Gasteiger partial charge in [-0.2, -0.15) is 0 Å². The maximum absolute atomic E-state index is 12.9. The molecule has 0 fully saturated rings. The zero-order valence-corrected chi connectivity index (χ0v) is 16.2. The van der Waals surface area contributed by atoms with Crippen LogP contribution in [0.3, 0.4) is 0 Å². The molecular formula is C22H26N4O2. The molecule has 6 nitrogen and oxygen atoms in total. The molecule has 0 saturated carbocycles. The van der Waals surface area contributed by atoms with Crippen LogP contribution < -0.4 is 16.0 Å². The highest BCUT2D eigenvalue weighted by Crippen LogP contribution is 2.19. The van der Waals surface area contributed by atoms with E-state index in [0.717, 1.165) is 16.5 Å². The van der Waals surface area contributed by atoms with Crippen LogP contribution in [0.15, 0.2) is 60.8 Å². The minimum absolute atomic E-state index is 0.254. The monoisotopic (exact) mass is 378 g/mol. The number of nitrogens with one attached hydrogen (secondary N) is 4. The van der Waals surface area contributed by atoms with Gasteiger partial charge in [-0.15, -0.1) is 0 Å². The maximum Gasteiger partial charge on any atom is 0.315 e. The summed E-state index contributed by atoms with van der Waals surface area (Å²) in [6.07, 6.45) is 2.28. The summed E-state index contributed by atoms with van der Waals surface area (Å²) >= 11 is 0. The van der Waals surface area contributed by atoms with E-state index in [-0.39, 0.29) is 11.9 Å². The number of carbonyl (C=O) groups is 2. The van der Waals surface area contributed by atoms with Crippen molar-refractivity contribution in [2.24, 2.45) is 5.92 Å². The van der Waals surface area contributed by atoms with Crippen LogP contribution in [-0.2, 0) is 11.2 Å². The minimum atomic E-state index is -0.702. The molecule has 1 heterocycles. The lowest BCUT2D eigenvalue weighted by molar-refractivity contribution is -0.117. The number of aromatic amines is 1. The second-order valence-corrected chi connectivity index (χ2v) is 7.22. The van der Waals surface area contributed by atoms with Gasteiger partial charge >= 0.3 is 6.03 Å². The molecule has 146 valence electrons. The molecular weight excluding hydrogens is 352 g/mol. The van der Waals surface area contributed by atoms with Gasteiger partial charge in [0.15, 0.2) is 0 Å². The number of hydrogen-bond donors (Lipinski definition) is 4. The van der Waals surface area contributed by atoms with Crippen LogP contribution in [-0.4, -0.2) is 29.5 Å². The van der Waals surface area contributed by atoms with Gasteiger partial charge < -0.3 is 20.9 Å². The molecule has 0 aliphatic rings. The van der Waals surface area contributed by atoms with Gasteiger partial charge in [0.1, 0.15) is 6.04 Å². The molecule has 0 spiro atoms. The Bertz CT molecular complexity index is 934. The molecule has 1 unspecified atom stereocenters. The summed E-state index contributed by atoms with van der Waals surface area (Å²) in [4.78, 5) is 28.4. The molecule has 0 bridgehead atoms. The Labute approximate surface area is 164 Å². The highest BCUT2D eigenvalue weighted by Gasteiger charge is 2.23. The molecule has 0 saturated heterocycles. The van der Waals surface area contributed by atoms with Crippen molar-refractivity contribution < 1.29 is 9.59 Å². The first kappa shape index (κ1) is 19.5. The van der Waals surface area contributed by atoms with Gasteiger partial charge in [-0.3, -0.25) is 4.79 Å². The predicted octanol–water partition coefficient (Wildman–Crippen LogP) is 3.67.